The van der Waals surface area contributed by atoms with Crippen LogP contribution in [-0.4, -0.2) is 45.5 Å². The summed E-state index contributed by atoms with van der Waals surface area (Å²) in [6.45, 7) is 0.967. The number of anilines is 1. The highest BCUT2D eigenvalue weighted by Crippen LogP contribution is 2.25. The van der Waals surface area contributed by atoms with Crippen LogP contribution in [-0.2, 0) is 22.4 Å². The number of methoxy groups -OCH3 is 1. The summed E-state index contributed by atoms with van der Waals surface area (Å²) in [7, 11) is 1.46. The van der Waals surface area contributed by atoms with Gasteiger partial charge >= 0.3 is 12.0 Å². The number of ketones is 1. The molecule has 2 aromatic rings. The number of nitrogens with zero attached hydrogens (tertiary/aromatic N) is 3. The third-order valence-corrected chi connectivity index (χ3v) is 5.54. The van der Waals surface area contributed by atoms with Crippen molar-refractivity contribution in [2.24, 2.45) is 0 Å². The third kappa shape index (κ3) is 7.01. The Hall–Kier alpha value is -3.03. The molecule has 8 heteroatoms. The van der Waals surface area contributed by atoms with Gasteiger partial charge in [-0.05, 0) is 55.7 Å². The van der Waals surface area contributed by atoms with E-state index in [0.29, 0.717) is 12.0 Å². The Bertz CT molecular complexity index is 886. The van der Waals surface area contributed by atoms with E-state index in [0.717, 1.165) is 43.7 Å². The summed E-state index contributed by atoms with van der Waals surface area (Å²) < 4.78 is 4.94. The normalized spacial score (nSPS) is 14.1. The van der Waals surface area contributed by atoms with Gasteiger partial charge in [0.15, 0.2) is 0 Å². The number of aromatic nitrogens is 3. The lowest BCUT2D eigenvalue weighted by Gasteiger charge is -2.14. The van der Waals surface area contributed by atoms with Crippen LogP contribution in [0.2, 0.25) is 0 Å². The number of carboxylic acid groups (broad SMARTS) is 1. The van der Waals surface area contributed by atoms with Gasteiger partial charge in [-0.1, -0.05) is 6.07 Å². The smallest absolute Gasteiger partial charge is 0.316 e. The number of aryl methyl sites for hydroxylation is 2. The zero-order valence-electron chi connectivity index (χ0n) is 18.0. The van der Waals surface area contributed by atoms with E-state index in [4.69, 9.17) is 9.72 Å². The number of carboxylic acids is 1. The summed E-state index contributed by atoms with van der Waals surface area (Å²) in [6.07, 6.45) is 9.40. The monoisotopic (exact) mass is 426 g/mol. The molecule has 166 valence electrons. The fourth-order valence-electron chi connectivity index (χ4n) is 3.84. The first-order valence-corrected chi connectivity index (χ1v) is 10.9. The summed E-state index contributed by atoms with van der Waals surface area (Å²) in [6, 6.07) is 4.46. The standard InChI is InChI=1S/C23H30N4O4/c1-31-23-25-14-18(15-26-23)17(13-21(29)30)12-20(28)8-3-2-7-19-10-9-16-6-4-5-11-24-22(16)27-19/h9-10,14-15,17H,2-8,11-13H2,1H3,(H,24,27)(H,29,30)/t17-/m1/s1. The SMILES string of the molecule is COc1ncc([C@@H](CC(=O)O)CC(=O)CCCCc2ccc3c(n2)NCCCC3)cn1. The highest BCUT2D eigenvalue weighted by molar-refractivity contribution is 5.80. The molecule has 0 amide bonds. The number of carbonyl (C=O) groups excluding carboxylic acids is 1. The van der Waals surface area contributed by atoms with Gasteiger partial charge in [0, 0.05) is 43.4 Å². The van der Waals surface area contributed by atoms with E-state index in [-0.39, 0.29) is 24.6 Å². The van der Waals surface area contributed by atoms with Crippen LogP contribution < -0.4 is 10.1 Å². The second-order valence-corrected chi connectivity index (χ2v) is 7.94. The van der Waals surface area contributed by atoms with Crippen LogP contribution in [0.1, 0.15) is 67.7 Å². The Labute approximate surface area is 182 Å². The van der Waals surface area contributed by atoms with Gasteiger partial charge < -0.3 is 15.2 Å². The summed E-state index contributed by atoms with van der Waals surface area (Å²) in [5.74, 6) is -0.326. The average molecular weight is 427 g/mol. The lowest BCUT2D eigenvalue weighted by atomic mass is 9.91. The van der Waals surface area contributed by atoms with Crippen molar-refractivity contribution in [3.05, 3.63) is 41.3 Å². The molecule has 8 nitrogen and oxygen atoms in total. The van der Waals surface area contributed by atoms with Gasteiger partial charge in [0.1, 0.15) is 11.6 Å². The quantitative estimate of drug-likeness (QED) is 0.524. The maximum absolute atomic E-state index is 12.5. The van der Waals surface area contributed by atoms with Crippen molar-refractivity contribution in [3.63, 3.8) is 0 Å². The van der Waals surface area contributed by atoms with Gasteiger partial charge in [-0.15, -0.1) is 0 Å². The average Bonchev–Trinajstić information content (AvgIpc) is 3.01. The number of Topliss-reactive ketones (excluding diaryl/α,β-unsaturated/α-hetero) is 1. The number of carbonyl (C=O) groups is 2. The molecule has 0 aromatic carbocycles. The molecule has 0 saturated heterocycles. The Kier molecular flexibility index (Phi) is 8.32. The number of ether oxygens (including phenoxy) is 1. The van der Waals surface area contributed by atoms with E-state index in [1.807, 2.05) is 0 Å². The number of nitrogens with one attached hydrogen (secondary N) is 1. The zero-order valence-corrected chi connectivity index (χ0v) is 18.0. The molecule has 2 N–H and O–H groups in total. The fourth-order valence-corrected chi connectivity index (χ4v) is 3.84. The lowest BCUT2D eigenvalue weighted by Crippen LogP contribution is -2.12. The van der Waals surface area contributed by atoms with Crippen molar-refractivity contribution in [1.82, 2.24) is 15.0 Å². The minimum Gasteiger partial charge on any atom is -0.481 e. The molecule has 0 saturated carbocycles. The minimum atomic E-state index is -0.948. The van der Waals surface area contributed by atoms with E-state index in [1.165, 1.54) is 37.9 Å². The molecule has 2 aromatic heterocycles. The van der Waals surface area contributed by atoms with Crippen molar-refractivity contribution >= 4 is 17.6 Å². The molecule has 0 aliphatic carbocycles. The van der Waals surface area contributed by atoms with Crippen molar-refractivity contribution in [2.45, 2.75) is 63.7 Å². The van der Waals surface area contributed by atoms with Crippen LogP contribution in [0.25, 0.3) is 0 Å². The van der Waals surface area contributed by atoms with Crippen molar-refractivity contribution < 1.29 is 19.4 Å². The molecule has 1 aliphatic rings. The summed E-state index contributed by atoms with van der Waals surface area (Å²) >= 11 is 0. The number of unbranched alkanes of at least 4 members (excludes halogenated alkanes) is 1. The molecule has 3 rings (SSSR count). The first-order chi connectivity index (χ1) is 15.0. The van der Waals surface area contributed by atoms with Crippen LogP contribution in [0, 0.1) is 0 Å². The predicted molar refractivity (Wildman–Crippen MR) is 116 cm³/mol. The number of pyridine rings is 1. The minimum absolute atomic E-state index is 0.0543. The van der Waals surface area contributed by atoms with Crippen molar-refractivity contribution in [3.8, 4) is 6.01 Å². The maximum Gasteiger partial charge on any atom is 0.316 e. The summed E-state index contributed by atoms with van der Waals surface area (Å²) in [5, 5.41) is 12.6. The van der Waals surface area contributed by atoms with E-state index in [1.54, 1.807) is 0 Å². The fraction of sp³-hybridized carbons (Fsp3) is 0.522. The number of aliphatic carboxylic acids is 1. The highest BCUT2D eigenvalue weighted by Gasteiger charge is 2.20. The first-order valence-electron chi connectivity index (χ1n) is 10.9. The van der Waals surface area contributed by atoms with Crippen LogP contribution in [0.15, 0.2) is 24.5 Å². The molecule has 0 radical (unpaired) electrons. The highest BCUT2D eigenvalue weighted by atomic mass is 16.5. The summed E-state index contributed by atoms with van der Waals surface area (Å²) in [4.78, 5) is 36.5. The van der Waals surface area contributed by atoms with Crippen LogP contribution in [0.3, 0.4) is 0 Å². The Morgan fingerprint density at radius 2 is 1.97 bits per heavy atom. The zero-order chi connectivity index (χ0) is 22.1. The molecule has 0 unspecified atom stereocenters. The molecule has 0 spiro atoms. The molecule has 1 aliphatic heterocycles. The molecule has 0 fully saturated rings. The molecule has 31 heavy (non-hydrogen) atoms. The molecular weight excluding hydrogens is 396 g/mol. The second-order valence-electron chi connectivity index (χ2n) is 7.94. The second kappa shape index (κ2) is 11.4. The largest absolute Gasteiger partial charge is 0.481 e. The van der Waals surface area contributed by atoms with E-state index >= 15 is 0 Å². The van der Waals surface area contributed by atoms with Gasteiger partial charge in [0.2, 0.25) is 0 Å². The van der Waals surface area contributed by atoms with Gasteiger partial charge in [0.25, 0.3) is 0 Å². The van der Waals surface area contributed by atoms with Crippen molar-refractivity contribution in [2.75, 3.05) is 19.0 Å². The lowest BCUT2D eigenvalue weighted by molar-refractivity contribution is -0.137. The van der Waals surface area contributed by atoms with Crippen molar-refractivity contribution in [1.29, 1.82) is 0 Å². The third-order valence-electron chi connectivity index (χ3n) is 5.54. The Morgan fingerprint density at radius 1 is 1.16 bits per heavy atom. The molecular formula is C23H30N4O4. The number of fused-ring (bicyclic) bond motifs is 1. The predicted octanol–water partition coefficient (Wildman–Crippen LogP) is 3.56. The Morgan fingerprint density at radius 3 is 2.71 bits per heavy atom. The first kappa shape index (κ1) is 22.7. The number of rotatable bonds is 11. The number of hydrogen-bond donors (Lipinski definition) is 2. The van der Waals surface area contributed by atoms with Gasteiger partial charge in [0.05, 0.1) is 13.5 Å². The van der Waals surface area contributed by atoms with Gasteiger partial charge in [-0.3, -0.25) is 9.59 Å². The maximum atomic E-state index is 12.5. The van der Waals surface area contributed by atoms with Crippen LogP contribution in [0.5, 0.6) is 6.01 Å². The summed E-state index contributed by atoms with van der Waals surface area (Å²) in [5.41, 5.74) is 2.96. The van der Waals surface area contributed by atoms with E-state index < -0.39 is 11.9 Å². The van der Waals surface area contributed by atoms with Gasteiger partial charge in [-0.25, -0.2) is 15.0 Å². The molecule has 0 bridgehead atoms. The van der Waals surface area contributed by atoms with E-state index in [2.05, 4.69) is 27.4 Å². The van der Waals surface area contributed by atoms with Crippen LogP contribution in [0.4, 0.5) is 5.82 Å². The topological polar surface area (TPSA) is 114 Å². The molecule has 3 heterocycles. The number of hydrogen-bond acceptors (Lipinski definition) is 7. The van der Waals surface area contributed by atoms with E-state index in [9.17, 15) is 14.7 Å². The van der Waals surface area contributed by atoms with Crippen LogP contribution >= 0.6 is 0 Å². The Balaban J connectivity index is 1.47. The van der Waals surface area contributed by atoms with Gasteiger partial charge in [-0.2, -0.15) is 0 Å². The molecule has 1 atom stereocenters.